The van der Waals surface area contributed by atoms with Crippen molar-refractivity contribution in [2.75, 3.05) is 26.2 Å². The molecule has 0 radical (unpaired) electrons. The molecule has 6 N–H and O–H groups in total. The Bertz CT molecular complexity index is 451. The molecule has 0 fully saturated rings. The van der Waals surface area contributed by atoms with Crippen LogP contribution in [0, 0.1) is 5.41 Å². The Hall–Kier alpha value is -2.20. The third-order valence-corrected chi connectivity index (χ3v) is 4.16. The summed E-state index contributed by atoms with van der Waals surface area (Å²) in [7, 11) is 0. The summed E-state index contributed by atoms with van der Waals surface area (Å²) in [6.07, 6.45) is 3.74. The summed E-state index contributed by atoms with van der Waals surface area (Å²) < 4.78 is 0. The van der Waals surface area contributed by atoms with E-state index in [0.29, 0.717) is 51.6 Å². The van der Waals surface area contributed by atoms with Gasteiger partial charge >= 0.3 is 23.9 Å². The first-order valence-corrected chi connectivity index (χ1v) is 9.04. The van der Waals surface area contributed by atoms with Gasteiger partial charge in [0, 0.05) is 25.9 Å². The van der Waals surface area contributed by atoms with Gasteiger partial charge in [0.2, 0.25) is 0 Å². The fraction of sp³-hybridized carbons (Fsp3) is 0.765. The molecule has 0 amide bonds. The fourth-order valence-electron chi connectivity index (χ4n) is 2.47. The molecule has 0 atom stereocenters. The minimum absolute atomic E-state index is 0.0740. The van der Waals surface area contributed by atoms with Crippen molar-refractivity contribution >= 4 is 23.9 Å². The van der Waals surface area contributed by atoms with E-state index >= 15 is 0 Å². The molecule has 0 aliphatic rings. The van der Waals surface area contributed by atoms with Crippen molar-refractivity contribution in [2.24, 2.45) is 5.41 Å². The summed E-state index contributed by atoms with van der Waals surface area (Å²) in [5, 5.41) is 41.6. The first kappa shape index (κ1) is 24.8. The minimum Gasteiger partial charge on any atom is -0.481 e. The standard InChI is InChI=1S/C17H30N2O8/c20-13(21)7-3-1-5-9-18-11-17(15(24)25,16(26)27)12-19-10-6-2-4-8-14(22)23/h18-19H,1-12H2,(H,20,21)(H,22,23)(H,24,25)(H,26,27). The smallest absolute Gasteiger partial charge is 0.323 e. The zero-order valence-corrected chi connectivity index (χ0v) is 15.4. The lowest BCUT2D eigenvalue weighted by atomic mass is 9.87. The van der Waals surface area contributed by atoms with Gasteiger partial charge in [-0.05, 0) is 38.8 Å². The van der Waals surface area contributed by atoms with Crippen molar-refractivity contribution in [3.63, 3.8) is 0 Å². The molecule has 0 saturated heterocycles. The maximum atomic E-state index is 11.6. The van der Waals surface area contributed by atoms with Crippen molar-refractivity contribution in [1.29, 1.82) is 0 Å². The highest BCUT2D eigenvalue weighted by molar-refractivity contribution is 5.98. The van der Waals surface area contributed by atoms with Crippen LogP contribution in [0.2, 0.25) is 0 Å². The van der Waals surface area contributed by atoms with Gasteiger partial charge in [0.25, 0.3) is 0 Å². The van der Waals surface area contributed by atoms with E-state index in [1.165, 1.54) is 0 Å². The number of rotatable bonds is 18. The molecular formula is C17H30N2O8. The van der Waals surface area contributed by atoms with Gasteiger partial charge < -0.3 is 31.1 Å². The Morgan fingerprint density at radius 2 is 0.963 bits per heavy atom. The molecule has 156 valence electrons. The molecule has 0 aliphatic heterocycles. The number of unbranched alkanes of at least 4 members (excludes halogenated alkanes) is 4. The Balaban J connectivity index is 4.24. The first-order valence-electron chi connectivity index (χ1n) is 9.04. The largest absolute Gasteiger partial charge is 0.481 e. The summed E-state index contributed by atoms with van der Waals surface area (Å²) in [5.74, 6) is -4.61. The molecule has 0 spiro atoms. The van der Waals surface area contributed by atoms with Crippen LogP contribution in [0.3, 0.4) is 0 Å². The van der Waals surface area contributed by atoms with E-state index in [9.17, 15) is 29.4 Å². The molecule has 0 aromatic carbocycles. The zero-order valence-electron chi connectivity index (χ0n) is 15.4. The topological polar surface area (TPSA) is 173 Å². The lowest BCUT2D eigenvalue weighted by Crippen LogP contribution is -2.53. The number of carbonyl (C=O) groups is 4. The van der Waals surface area contributed by atoms with Gasteiger partial charge in [-0.2, -0.15) is 0 Å². The quantitative estimate of drug-likeness (QED) is 0.144. The highest BCUT2D eigenvalue weighted by Gasteiger charge is 2.46. The van der Waals surface area contributed by atoms with Crippen LogP contribution in [-0.2, 0) is 19.2 Å². The number of aliphatic carboxylic acids is 4. The molecule has 0 bridgehead atoms. The maximum Gasteiger partial charge on any atom is 0.323 e. The highest BCUT2D eigenvalue weighted by Crippen LogP contribution is 2.16. The van der Waals surface area contributed by atoms with E-state index in [1.54, 1.807) is 0 Å². The number of nitrogens with one attached hydrogen (secondary N) is 2. The van der Waals surface area contributed by atoms with Gasteiger partial charge in [-0.15, -0.1) is 0 Å². The molecule has 0 aromatic heterocycles. The second kappa shape index (κ2) is 13.9. The van der Waals surface area contributed by atoms with E-state index in [1.807, 2.05) is 0 Å². The van der Waals surface area contributed by atoms with E-state index in [4.69, 9.17) is 10.2 Å². The van der Waals surface area contributed by atoms with Crippen LogP contribution in [0.15, 0.2) is 0 Å². The van der Waals surface area contributed by atoms with Crippen LogP contribution in [-0.4, -0.2) is 70.5 Å². The normalized spacial score (nSPS) is 11.3. The molecule has 0 rings (SSSR count). The van der Waals surface area contributed by atoms with Crippen molar-refractivity contribution in [3.05, 3.63) is 0 Å². The predicted octanol–water partition coefficient (Wildman–Crippen LogP) is 0.611. The van der Waals surface area contributed by atoms with Gasteiger partial charge in [-0.3, -0.25) is 19.2 Å². The van der Waals surface area contributed by atoms with E-state index in [-0.39, 0.29) is 25.9 Å². The van der Waals surface area contributed by atoms with Crippen LogP contribution in [0.4, 0.5) is 0 Å². The second-order valence-electron chi connectivity index (χ2n) is 6.45. The molecule has 0 unspecified atom stereocenters. The number of carboxylic acids is 4. The number of hydrogen-bond donors (Lipinski definition) is 6. The average Bonchev–Trinajstić information content (AvgIpc) is 2.57. The summed E-state index contributed by atoms with van der Waals surface area (Å²) in [4.78, 5) is 43.9. The van der Waals surface area contributed by atoms with Crippen LogP contribution in [0.25, 0.3) is 0 Å². The first-order chi connectivity index (χ1) is 12.7. The van der Waals surface area contributed by atoms with E-state index in [0.717, 1.165) is 0 Å². The Kier molecular flexibility index (Phi) is 12.8. The molecular weight excluding hydrogens is 360 g/mol. The molecule has 10 nitrogen and oxygen atoms in total. The maximum absolute atomic E-state index is 11.6. The van der Waals surface area contributed by atoms with Crippen molar-refractivity contribution in [2.45, 2.75) is 51.4 Å². The Morgan fingerprint density at radius 3 is 1.26 bits per heavy atom. The highest BCUT2D eigenvalue weighted by atomic mass is 16.4. The minimum atomic E-state index is -2.00. The van der Waals surface area contributed by atoms with Crippen molar-refractivity contribution < 1.29 is 39.6 Å². The average molecular weight is 390 g/mol. The summed E-state index contributed by atoms with van der Waals surface area (Å²) >= 11 is 0. The summed E-state index contributed by atoms with van der Waals surface area (Å²) in [5.41, 5.74) is -2.00. The van der Waals surface area contributed by atoms with E-state index < -0.39 is 29.3 Å². The molecule has 10 heteroatoms. The van der Waals surface area contributed by atoms with Gasteiger partial charge in [0.1, 0.15) is 0 Å². The number of carboxylic acid groups (broad SMARTS) is 4. The van der Waals surface area contributed by atoms with E-state index in [2.05, 4.69) is 10.6 Å². The van der Waals surface area contributed by atoms with Crippen LogP contribution >= 0.6 is 0 Å². The van der Waals surface area contributed by atoms with Crippen LogP contribution in [0.5, 0.6) is 0 Å². The van der Waals surface area contributed by atoms with Crippen molar-refractivity contribution in [1.82, 2.24) is 10.6 Å². The van der Waals surface area contributed by atoms with Crippen LogP contribution in [0.1, 0.15) is 51.4 Å². The lowest BCUT2D eigenvalue weighted by molar-refractivity contribution is -0.164. The molecule has 0 heterocycles. The molecule has 0 saturated carbocycles. The number of hydrogen-bond acceptors (Lipinski definition) is 6. The third-order valence-electron chi connectivity index (χ3n) is 4.16. The summed E-state index contributed by atoms with van der Waals surface area (Å²) in [6.45, 7) is 0.305. The van der Waals surface area contributed by atoms with Crippen molar-refractivity contribution in [3.8, 4) is 0 Å². The monoisotopic (exact) mass is 390 g/mol. The predicted molar refractivity (Wildman–Crippen MR) is 95.7 cm³/mol. The lowest BCUT2D eigenvalue weighted by Gasteiger charge is -2.25. The Morgan fingerprint density at radius 1 is 0.593 bits per heavy atom. The van der Waals surface area contributed by atoms with Gasteiger partial charge in [0.15, 0.2) is 5.41 Å². The zero-order chi connectivity index (χ0) is 20.7. The van der Waals surface area contributed by atoms with Crippen LogP contribution < -0.4 is 10.6 Å². The third kappa shape index (κ3) is 11.2. The fourth-order valence-corrected chi connectivity index (χ4v) is 2.47. The van der Waals surface area contributed by atoms with Gasteiger partial charge in [0.05, 0.1) is 0 Å². The molecule has 0 aliphatic carbocycles. The summed E-state index contributed by atoms with van der Waals surface area (Å²) in [6, 6.07) is 0. The molecule has 27 heavy (non-hydrogen) atoms. The van der Waals surface area contributed by atoms with Gasteiger partial charge in [-0.25, -0.2) is 0 Å². The Labute approximate surface area is 158 Å². The SMILES string of the molecule is O=C(O)CCCCCNCC(CNCCCCCC(=O)O)(C(=O)O)C(=O)O. The molecule has 0 aromatic rings. The van der Waals surface area contributed by atoms with Gasteiger partial charge in [-0.1, -0.05) is 12.8 Å². The second-order valence-corrected chi connectivity index (χ2v) is 6.45.